The van der Waals surface area contributed by atoms with Gasteiger partial charge in [-0.2, -0.15) is 0 Å². The van der Waals surface area contributed by atoms with Crippen LogP contribution in [0, 0.1) is 10.8 Å². The molecule has 0 radical (unpaired) electrons. The summed E-state index contributed by atoms with van der Waals surface area (Å²) in [7, 11) is 0. The third-order valence-electron chi connectivity index (χ3n) is 8.39. The lowest BCUT2D eigenvalue weighted by Gasteiger charge is -2.66. The van der Waals surface area contributed by atoms with E-state index in [9.17, 15) is 4.39 Å². The summed E-state index contributed by atoms with van der Waals surface area (Å²) in [4.78, 5) is 11.6. The summed E-state index contributed by atoms with van der Waals surface area (Å²) in [6.45, 7) is 8.94. The maximum Gasteiger partial charge on any atom is 0.137 e. The number of rotatable bonds is 8. The highest BCUT2D eigenvalue weighted by atomic mass is 19.1. The number of nitrogens with one attached hydrogen (secondary N) is 1. The fraction of sp³-hybridized carbons (Fsp3) is 0.500. The van der Waals surface area contributed by atoms with Crippen LogP contribution in [0.5, 0.6) is 0 Å². The summed E-state index contributed by atoms with van der Waals surface area (Å²) in [6, 6.07) is 6.31. The molecule has 0 spiro atoms. The molecule has 1 N–H and O–H groups in total. The predicted octanol–water partition coefficient (Wildman–Crippen LogP) is 4.25. The van der Waals surface area contributed by atoms with Gasteiger partial charge in [-0.3, -0.25) is 4.98 Å². The van der Waals surface area contributed by atoms with Gasteiger partial charge >= 0.3 is 0 Å². The fourth-order valence-corrected chi connectivity index (χ4v) is 6.54. The first kappa shape index (κ1) is 22.8. The summed E-state index contributed by atoms with van der Waals surface area (Å²) in [5.74, 6) is 0. The van der Waals surface area contributed by atoms with E-state index in [-0.39, 0.29) is 5.41 Å². The molecule has 4 fully saturated rings. The fourth-order valence-electron chi connectivity index (χ4n) is 6.54. The van der Waals surface area contributed by atoms with E-state index >= 15 is 0 Å². The highest BCUT2D eigenvalue weighted by molar-refractivity contribution is 5.63. The molecule has 3 saturated carbocycles. The zero-order chi connectivity index (χ0) is 25.3. The van der Waals surface area contributed by atoms with Gasteiger partial charge in [0.05, 0.1) is 30.3 Å². The molecule has 8 nitrogen and oxygen atoms in total. The first-order chi connectivity index (χ1) is 17.8. The Kier molecular flexibility index (Phi) is 4.99. The van der Waals surface area contributed by atoms with Gasteiger partial charge in [-0.25, -0.2) is 14.1 Å². The van der Waals surface area contributed by atoms with Crippen molar-refractivity contribution in [2.24, 2.45) is 10.8 Å². The first-order valence-corrected chi connectivity index (χ1v) is 13.2. The van der Waals surface area contributed by atoms with Crippen LogP contribution in [0.2, 0.25) is 0 Å². The largest absolute Gasteiger partial charge is 0.370 e. The van der Waals surface area contributed by atoms with Crippen molar-refractivity contribution in [2.75, 3.05) is 24.5 Å². The van der Waals surface area contributed by atoms with Gasteiger partial charge in [-0.1, -0.05) is 25.1 Å². The van der Waals surface area contributed by atoms with E-state index in [4.69, 9.17) is 4.98 Å². The molecule has 4 aliphatic rings. The van der Waals surface area contributed by atoms with E-state index < -0.39 is 5.67 Å². The standard InChI is InChI=1S/C28H33FN8/c1-26(2)5-6-35(19-26)23-7-21(9-30-10-23)24-14-37(34-33-24)13-22-12-36-11-20(3-4-25(36)32-22)8-31-18-27-15-28(29,16-27)17-27/h3-4,7,9-12,14,31H,5-6,8,13,15-19H2,1-2H3. The molecule has 4 aromatic heterocycles. The highest BCUT2D eigenvalue weighted by Gasteiger charge is 2.68. The Balaban J connectivity index is 1.00. The van der Waals surface area contributed by atoms with Gasteiger partial charge < -0.3 is 14.6 Å². The summed E-state index contributed by atoms with van der Waals surface area (Å²) in [5, 5.41) is 12.3. The highest BCUT2D eigenvalue weighted by Crippen LogP contribution is 2.69. The minimum Gasteiger partial charge on any atom is -0.370 e. The molecule has 8 rings (SSSR count). The minimum absolute atomic E-state index is 0.222. The molecule has 9 heteroatoms. The Morgan fingerprint density at radius 1 is 1.08 bits per heavy atom. The lowest BCUT2D eigenvalue weighted by atomic mass is 9.42. The van der Waals surface area contributed by atoms with Crippen molar-refractivity contribution in [3.8, 4) is 11.3 Å². The molecule has 0 unspecified atom stereocenters. The lowest BCUT2D eigenvalue weighted by Crippen LogP contribution is -2.67. The van der Waals surface area contributed by atoms with Crippen molar-refractivity contribution >= 4 is 11.3 Å². The average Bonchev–Trinajstić information content (AvgIpc) is 3.55. The van der Waals surface area contributed by atoms with Gasteiger partial charge in [0.2, 0.25) is 0 Å². The van der Waals surface area contributed by atoms with E-state index in [2.05, 4.69) is 62.1 Å². The molecular weight excluding hydrogens is 467 g/mol. The number of anilines is 1. The predicted molar refractivity (Wildman–Crippen MR) is 140 cm³/mol. The second kappa shape index (κ2) is 8.08. The molecular formula is C28H33FN8. The average molecular weight is 501 g/mol. The number of imidazole rings is 1. The number of pyridine rings is 2. The SMILES string of the molecule is CC1(C)CCN(c2cncc(-c3cn(Cc4cn5cc(CNCC67CC(F)(C6)C7)ccc5n4)nn3)c2)C1. The Hall–Kier alpha value is -3.33. The first-order valence-electron chi connectivity index (χ1n) is 13.2. The summed E-state index contributed by atoms with van der Waals surface area (Å²) in [6.07, 6.45) is 13.3. The Labute approximate surface area is 215 Å². The number of alkyl halides is 1. The van der Waals surface area contributed by atoms with E-state index in [1.54, 1.807) is 0 Å². The van der Waals surface area contributed by atoms with Crippen LogP contribution in [0.15, 0.2) is 49.2 Å². The third kappa shape index (κ3) is 4.29. The van der Waals surface area contributed by atoms with Crippen molar-refractivity contribution in [3.63, 3.8) is 0 Å². The Bertz CT molecular complexity index is 1450. The van der Waals surface area contributed by atoms with Crippen LogP contribution in [0.25, 0.3) is 16.9 Å². The van der Waals surface area contributed by atoms with Gasteiger partial charge in [-0.05, 0) is 54.2 Å². The number of aromatic nitrogens is 6. The second-order valence-electron chi connectivity index (χ2n) is 12.4. The van der Waals surface area contributed by atoms with E-state index in [0.29, 0.717) is 12.0 Å². The smallest absolute Gasteiger partial charge is 0.137 e. The molecule has 0 atom stereocenters. The molecule has 192 valence electrons. The van der Waals surface area contributed by atoms with Crippen molar-refractivity contribution in [1.82, 2.24) is 34.7 Å². The topological polar surface area (TPSA) is 76.2 Å². The van der Waals surface area contributed by atoms with Crippen LogP contribution in [0.1, 0.15) is 50.8 Å². The summed E-state index contributed by atoms with van der Waals surface area (Å²) in [5.41, 5.74) is 5.67. The number of nitrogens with zero attached hydrogens (tertiary/aromatic N) is 7. The van der Waals surface area contributed by atoms with Crippen LogP contribution in [0.3, 0.4) is 0 Å². The maximum absolute atomic E-state index is 13.7. The molecule has 2 bridgehead atoms. The van der Waals surface area contributed by atoms with Crippen LogP contribution in [0.4, 0.5) is 10.1 Å². The molecule has 4 aromatic rings. The van der Waals surface area contributed by atoms with E-state index in [0.717, 1.165) is 73.7 Å². The molecule has 1 saturated heterocycles. The van der Waals surface area contributed by atoms with Gasteiger partial charge in [0.25, 0.3) is 0 Å². The minimum atomic E-state index is -0.829. The van der Waals surface area contributed by atoms with E-state index in [1.165, 1.54) is 12.0 Å². The number of fused-ring (bicyclic) bond motifs is 1. The quantitative estimate of drug-likeness (QED) is 0.390. The summed E-state index contributed by atoms with van der Waals surface area (Å²) < 4.78 is 17.6. The maximum atomic E-state index is 13.7. The molecule has 1 aliphatic heterocycles. The number of hydrogen-bond acceptors (Lipinski definition) is 6. The van der Waals surface area contributed by atoms with E-state index in [1.807, 2.05) is 35.5 Å². The lowest BCUT2D eigenvalue weighted by molar-refractivity contribution is -0.209. The Morgan fingerprint density at radius 2 is 1.95 bits per heavy atom. The zero-order valence-corrected chi connectivity index (χ0v) is 21.5. The van der Waals surface area contributed by atoms with Crippen LogP contribution in [-0.4, -0.2) is 54.7 Å². The zero-order valence-electron chi connectivity index (χ0n) is 21.5. The van der Waals surface area contributed by atoms with Crippen LogP contribution >= 0.6 is 0 Å². The number of hydrogen-bond donors (Lipinski definition) is 1. The van der Waals surface area contributed by atoms with Gasteiger partial charge in [0.1, 0.15) is 17.0 Å². The van der Waals surface area contributed by atoms with Crippen molar-refractivity contribution in [1.29, 1.82) is 0 Å². The third-order valence-corrected chi connectivity index (χ3v) is 8.39. The van der Waals surface area contributed by atoms with Crippen molar-refractivity contribution < 1.29 is 4.39 Å². The van der Waals surface area contributed by atoms with Crippen LogP contribution < -0.4 is 10.2 Å². The number of halogens is 1. The van der Waals surface area contributed by atoms with Crippen LogP contribution in [-0.2, 0) is 13.1 Å². The van der Waals surface area contributed by atoms with Crippen molar-refractivity contribution in [2.45, 2.75) is 58.3 Å². The normalized spacial score (nSPS) is 25.9. The molecule has 0 amide bonds. The molecule has 37 heavy (non-hydrogen) atoms. The van der Waals surface area contributed by atoms with Gasteiger partial charge in [0.15, 0.2) is 0 Å². The van der Waals surface area contributed by atoms with Crippen molar-refractivity contribution in [3.05, 3.63) is 60.4 Å². The molecule has 3 aliphatic carbocycles. The Morgan fingerprint density at radius 3 is 2.73 bits per heavy atom. The van der Waals surface area contributed by atoms with Gasteiger partial charge in [0, 0.05) is 50.3 Å². The second-order valence-corrected chi connectivity index (χ2v) is 12.4. The monoisotopic (exact) mass is 500 g/mol. The molecule has 5 heterocycles. The molecule has 0 aromatic carbocycles. The van der Waals surface area contributed by atoms with Gasteiger partial charge in [-0.15, -0.1) is 5.10 Å². The summed E-state index contributed by atoms with van der Waals surface area (Å²) >= 11 is 0.